The van der Waals surface area contributed by atoms with Crippen molar-refractivity contribution in [1.29, 1.82) is 0 Å². The number of aliphatic carboxylic acids is 1. The molecule has 18 heavy (non-hydrogen) atoms. The molecule has 1 aromatic rings. The fourth-order valence-electron chi connectivity index (χ4n) is 2.45. The predicted octanol–water partition coefficient (Wildman–Crippen LogP) is 1.32. The van der Waals surface area contributed by atoms with Crippen LogP contribution < -0.4 is 5.32 Å². The molecule has 0 bridgehead atoms. The molecule has 4 heteroatoms. The van der Waals surface area contributed by atoms with E-state index in [-0.39, 0.29) is 12.5 Å². The lowest BCUT2D eigenvalue weighted by Gasteiger charge is -2.38. The van der Waals surface area contributed by atoms with E-state index in [2.05, 4.69) is 29.3 Å². The molecule has 1 heterocycles. The van der Waals surface area contributed by atoms with Gasteiger partial charge in [0.05, 0.1) is 6.42 Å². The molecule has 0 aromatic heterocycles. The first-order valence-corrected chi connectivity index (χ1v) is 6.38. The number of benzene rings is 1. The average Bonchev–Trinajstić information content (AvgIpc) is 2.33. The second kappa shape index (κ2) is 5.98. The summed E-state index contributed by atoms with van der Waals surface area (Å²) in [6.45, 7) is 4.60. The van der Waals surface area contributed by atoms with Crippen LogP contribution >= 0.6 is 0 Å². The molecular formula is C14H20N2O2. The Kier molecular flexibility index (Phi) is 4.33. The molecule has 1 aliphatic heterocycles. The second-order valence-electron chi connectivity index (χ2n) is 4.98. The Morgan fingerprint density at radius 2 is 2.17 bits per heavy atom. The SMILES string of the molecule is C[C@H]1CN(Cc2ccccc2)[C@H](CC(=O)O)CN1. The van der Waals surface area contributed by atoms with Crippen molar-refractivity contribution in [2.45, 2.75) is 32.0 Å². The van der Waals surface area contributed by atoms with Gasteiger partial charge < -0.3 is 10.4 Å². The minimum absolute atomic E-state index is 0.0823. The Labute approximate surface area is 108 Å². The number of hydrogen-bond acceptors (Lipinski definition) is 3. The van der Waals surface area contributed by atoms with Gasteiger partial charge in [0, 0.05) is 31.7 Å². The maximum Gasteiger partial charge on any atom is 0.304 e. The van der Waals surface area contributed by atoms with Crippen molar-refractivity contribution in [3.8, 4) is 0 Å². The number of nitrogens with one attached hydrogen (secondary N) is 1. The van der Waals surface area contributed by atoms with Gasteiger partial charge in [-0.1, -0.05) is 30.3 Å². The summed E-state index contributed by atoms with van der Waals surface area (Å²) < 4.78 is 0. The second-order valence-corrected chi connectivity index (χ2v) is 4.98. The molecule has 0 saturated carbocycles. The first-order chi connectivity index (χ1) is 8.65. The summed E-state index contributed by atoms with van der Waals surface area (Å²) in [6, 6.07) is 10.7. The van der Waals surface area contributed by atoms with Gasteiger partial charge in [0.15, 0.2) is 0 Å². The third kappa shape index (κ3) is 3.55. The molecular weight excluding hydrogens is 228 g/mol. The van der Waals surface area contributed by atoms with Gasteiger partial charge in [-0.15, -0.1) is 0 Å². The number of rotatable bonds is 4. The van der Waals surface area contributed by atoms with E-state index in [0.717, 1.165) is 19.6 Å². The summed E-state index contributed by atoms with van der Waals surface area (Å²) in [5, 5.41) is 12.3. The van der Waals surface area contributed by atoms with Crippen LogP contribution in [0.15, 0.2) is 30.3 Å². The van der Waals surface area contributed by atoms with Gasteiger partial charge in [-0.3, -0.25) is 9.69 Å². The van der Waals surface area contributed by atoms with E-state index < -0.39 is 5.97 Å². The van der Waals surface area contributed by atoms with Crippen LogP contribution in [0, 0.1) is 0 Å². The summed E-state index contributed by atoms with van der Waals surface area (Å²) in [5.41, 5.74) is 1.24. The fraction of sp³-hybridized carbons (Fsp3) is 0.500. The smallest absolute Gasteiger partial charge is 0.304 e. The molecule has 4 nitrogen and oxygen atoms in total. The van der Waals surface area contributed by atoms with Crippen molar-refractivity contribution in [3.05, 3.63) is 35.9 Å². The van der Waals surface area contributed by atoms with Crippen LogP contribution in [0.4, 0.5) is 0 Å². The molecule has 0 radical (unpaired) electrons. The molecule has 1 aliphatic rings. The Morgan fingerprint density at radius 3 is 2.83 bits per heavy atom. The van der Waals surface area contributed by atoms with Crippen molar-refractivity contribution < 1.29 is 9.90 Å². The molecule has 2 atom stereocenters. The van der Waals surface area contributed by atoms with E-state index in [4.69, 9.17) is 5.11 Å². The first kappa shape index (κ1) is 13.1. The highest BCUT2D eigenvalue weighted by Gasteiger charge is 2.27. The summed E-state index contributed by atoms with van der Waals surface area (Å²) in [5.74, 6) is -0.727. The summed E-state index contributed by atoms with van der Waals surface area (Å²) >= 11 is 0. The number of hydrogen-bond donors (Lipinski definition) is 2. The topological polar surface area (TPSA) is 52.6 Å². The standard InChI is InChI=1S/C14H20N2O2/c1-11-9-16(10-12-5-3-2-4-6-12)13(8-15-11)7-14(17)18/h2-6,11,13,15H,7-10H2,1H3,(H,17,18)/t11-,13+/m0/s1. The Bertz CT molecular complexity index is 394. The largest absolute Gasteiger partial charge is 0.481 e. The summed E-state index contributed by atoms with van der Waals surface area (Å²) in [4.78, 5) is 13.2. The third-order valence-corrected chi connectivity index (χ3v) is 3.37. The van der Waals surface area contributed by atoms with Crippen molar-refractivity contribution in [2.75, 3.05) is 13.1 Å². The Hall–Kier alpha value is -1.39. The third-order valence-electron chi connectivity index (χ3n) is 3.37. The van der Waals surface area contributed by atoms with Gasteiger partial charge in [0.2, 0.25) is 0 Å². The van der Waals surface area contributed by atoms with Crippen molar-refractivity contribution >= 4 is 5.97 Å². The zero-order valence-electron chi connectivity index (χ0n) is 10.7. The van der Waals surface area contributed by atoms with Crippen LogP contribution in [-0.4, -0.2) is 41.1 Å². The monoisotopic (exact) mass is 248 g/mol. The maximum atomic E-state index is 10.9. The Balaban J connectivity index is 2.03. The van der Waals surface area contributed by atoms with Gasteiger partial charge in [0.1, 0.15) is 0 Å². The molecule has 98 valence electrons. The zero-order chi connectivity index (χ0) is 13.0. The highest BCUT2D eigenvalue weighted by atomic mass is 16.4. The van der Waals surface area contributed by atoms with E-state index in [0.29, 0.717) is 6.04 Å². The van der Waals surface area contributed by atoms with Crippen LogP contribution in [0.5, 0.6) is 0 Å². The molecule has 2 rings (SSSR count). The van der Waals surface area contributed by atoms with Gasteiger partial charge in [0.25, 0.3) is 0 Å². The zero-order valence-corrected chi connectivity index (χ0v) is 10.7. The number of piperazine rings is 1. The normalized spacial score (nSPS) is 24.9. The lowest BCUT2D eigenvalue weighted by Crippen LogP contribution is -2.55. The summed E-state index contributed by atoms with van der Waals surface area (Å²) in [7, 11) is 0. The summed E-state index contributed by atoms with van der Waals surface area (Å²) in [6.07, 6.45) is 0.201. The molecule has 0 amide bonds. The van der Waals surface area contributed by atoms with E-state index in [1.54, 1.807) is 0 Å². The minimum atomic E-state index is -0.727. The molecule has 2 N–H and O–H groups in total. The molecule has 0 aliphatic carbocycles. The number of nitrogens with zero attached hydrogens (tertiary/aromatic N) is 1. The van der Waals surface area contributed by atoms with Crippen LogP contribution in [0.3, 0.4) is 0 Å². The van der Waals surface area contributed by atoms with Crippen LogP contribution in [0.25, 0.3) is 0 Å². The van der Waals surface area contributed by atoms with E-state index in [1.165, 1.54) is 5.56 Å². The first-order valence-electron chi connectivity index (χ1n) is 6.38. The number of carboxylic acid groups (broad SMARTS) is 1. The van der Waals surface area contributed by atoms with Crippen LogP contribution in [0.2, 0.25) is 0 Å². The van der Waals surface area contributed by atoms with Gasteiger partial charge >= 0.3 is 5.97 Å². The van der Waals surface area contributed by atoms with Gasteiger partial charge in [-0.05, 0) is 12.5 Å². The van der Waals surface area contributed by atoms with E-state index in [1.807, 2.05) is 18.2 Å². The van der Waals surface area contributed by atoms with Crippen LogP contribution in [-0.2, 0) is 11.3 Å². The minimum Gasteiger partial charge on any atom is -0.481 e. The number of carboxylic acids is 1. The van der Waals surface area contributed by atoms with Crippen molar-refractivity contribution in [3.63, 3.8) is 0 Å². The van der Waals surface area contributed by atoms with E-state index in [9.17, 15) is 4.79 Å². The maximum absolute atomic E-state index is 10.9. The molecule has 1 saturated heterocycles. The molecule has 0 unspecified atom stereocenters. The quantitative estimate of drug-likeness (QED) is 0.844. The number of carbonyl (C=O) groups is 1. The van der Waals surface area contributed by atoms with Gasteiger partial charge in [-0.2, -0.15) is 0 Å². The molecule has 1 fully saturated rings. The highest BCUT2D eigenvalue weighted by Crippen LogP contribution is 2.14. The van der Waals surface area contributed by atoms with Crippen molar-refractivity contribution in [1.82, 2.24) is 10.2 Å². The molecule has 1 aromatic carbocycles. The van der Waals surface area contributed by atoms with Crippen LogP contribution in [0.1, 0.15) is 18.9 Å². The fourth-order valence-corrected chi connectivity index (χ4v) is 2.45. The Morgan fingerprint density at radius 1 is 1.44 bits per heavy atom. The average molecular weight is 248 g/mol. The highest BCUT2D eigenvalue weighted by molar-refractivity contribution is 5.67. The van der Waals surface area contributed by atoms with Crippen molar-refractivity contribution in [2.24, 2.45) is 0 Å². The van der Waals surface area contributed by atoms with E-state index >= 15 is 0 Å². The predicted molar refractivity (Wildman–Crippen MR) is 70.4 cm³/mol. The lowest BCUT2D eigenvalue weighted by molar-refractivity contribution is -0.138. The van der Waals surface area contributed by atoms with Gasteiger partial charge in [-0.25, -0.2) is 0 Å². The molecule has 0 spiro atoms. The lowest BCUT2D eigenvalue weighted by atomic mass is 10.1.